The molecule has 1 N–H and O–H groups in total. The van der Waals surface area contributed by atoms with Gasteiger partial charge in [-0.15, -0.1) is 0 Å². The second-order valence-corrected chi connectivity index (χ2v) is 11.9. The Hall–Kier alpha value is -3.25. The molecular formula is C33H35BrN2O3. The van der Waals surface area contributed by atoms with Crippen molar-refractivity contribution in [3.05, 3.63) is 100 Å². The van der Waals surface area contributed by atoms with Crippen LogP contribution in [0.4, 0.5) is 5.69 Å². The van der Waals surface area contributed by atoms with Crippen LogP contribution in [0.2, 0.25) is 0 Å². The molecule has 0 bridgehead atoms. The number of ketones is 1. The van der Waals surface area contributed by atoms with E-state index in [1.165, 1.54) is 0 Å². The van der Waals surface area contributed by atoms with E-state index in [-0.39, 0.29) is 35.5 Å². The Bertz CT molecular complexity index is 1370. The zero-order valence-corrected chi connectivity index (χ0v) is 24.3. The van der Waals surface area contributed by atoms with E-state index in [0.29, 0.717) is 23.2 Å². The van der Waals surface area contributed by atoms with Gasteiger partial charge in [0.1, 0.15) is 0 Å². The van der Waals surface area contributed by atoms with Gasteiger partial charge in [0.05, 0.1) is 5.92 Å². The molecule has 2 heterocycles. The standard InChI is InChI=1S/C33H35BrN2O3/c1-4-5-8-17-27(37)36-30(21(2)3)28(22-13-9-6-10-14-22)29(31(38)23-15-11-7-12-16-23)33(36)25-20-24(34)18-19-26(25)35-32(33)39/h6-7,9-16,18-21,28-30H,4-5,8,17H2,1-3H3,(H,35,39). The van der Waals surface area contributed by atoms with Crippen LogP contribution in [-0.2, 0) is 15.1 Å². The number of likely N-dealkylation sites (tertiary alicyclic amines) is 1. The van der Waals surface area contributed by atoms with Crippen molar-refractivity contribution in [3.63, 3.8) is 0 Å². The van der Waals surface area contributed by atoms with Crippen molar-refractivity contribution in [1.29, 1.82) is 0 Å². The summed E-state index contributed by atoms with van der Waals surface area (Å²) in [5.41, 5.74) is 1.37. The summed E-state index contributed by atoms with van der Waals surface area (Å²) in [5.74, 6) is -1.68. The van der Waals surface area contributed by atoms with Gasteiger partial charge >= 0.3 is 0 Å². The number of nitrogens with zero attached hydrogens (tertiary/aromatic N) is 1. The summed E-state index contributed by atoms with van der Waals surface area (Å²) in [6.07, 6.45) is 3.00. The van der Waals surface area contributed by atoms with Crippen LogP contribution in [0.1, 0.15) is 73.9 Å². The first-order chi connectivity index (χ1) is 18.8. The lowest BCUT2D eigenvalue weighted by Crippen LogP contribution is -2.57. The fraction of sp³-hybridized carbons (Fsp3) is 0.364. The normalized spacial score (nSPS) is 23.8. The van der Waals surface area contributed by atoms with Gasteiger partial charge in [0.2, 0.25) is 5.91 Å². The summed E-state index contributed by atoms with van der Waals surface area (Å²) in [6, 6.07) is 24.4. The highest BCUT2D eigenvalue weighted by atomic mass is 79.9. The summed E-state index contributed by atoms with van der Waals surface area (Å²) in [6.45, 7) is 6.28. The molecule has 202 valence electrons. The Morgan fingerprint density at radius 3 is 2.28 bits per heavy atom. The van der Waals surface area contributed by atoms with E-state index >= 15 is 0 Å². The fourth-order valence-corrected chi connectivity index (χ4v) is 7.11. The van der Waals surface area contributed by atoms with Gasteiger partial charge in [-0.1, -0.05) is 110 Å². The largest absolute Gasteiger partial charge is 0.323 e. The zero-order valence-electron chi connectivity index (χ0n) is 22.7. The molecule has 2 amide bonds. The van der Waals surface area contributed by atoms with Crippen molar-refractivity contribution in [2.45, 2.75) is 64.0 Å². The molecule has 2 aliphatic rings. The van der Waals surface area contributed by atoms with Crippen LogP contribution in [0.3, 0.4) is 0 Å². The number of hydrogen-bond acceptors (Lipinski definition) is 3. The Morgan fingerprint density at radius 1 is 0.974 bits per heavy atom. The van der Waals surface area contributed by atoms with Crippen molar-refractivity contribution in [3.8, 4) is 0 Å². The van der Waals surface area contributed by atoms with Crippen LogP contribution < -0.4 is 5.32 Å². The van der Waals surface area contributed by atoms with Crippen molar-refractivity contribution >= 4 is 39.2 Å². The van der Waals surface area contributed by atoms with E-state index in [9.17, 15) is 14.4 Å². The van der Waals surface area contributed by atoms with E-state index in [1.807, 2.05) is 83.8 Å². The number of Topliss-reactive ketones (excluding diaryl/α,β-unsaturated/α-hetero) is 1. The van der Waals surface area contributed by atoms with E-state index < -0.39 is 11.5 Å². The van der Waals surface area contributed by atoms with Gasteiger partial charge in [-0.25, -0.2) is 0 Å². The number of unbranched alkanes of at least 4 members (excludes halogenated alkanes) is 2. The monoisotopic (exact) mass is 586 g/mol. The molecule has 2 aliphatic heterocycles. The molecule has 0 saturated carbocycles. The summed E-state index contributed by atoms with van der Waals surface area (Å²) in [4.78, 5) is 45.3. The Morgan fingerprint density at radius 2 is 1.64 bits per heavy atom. The van der Waals surface area contributed by atoms with Crippen molar-refractivity contribution in [2.75, 3.05) is 5.32 Å². The first kappa shape index (κ1) is 27.3. The van der Waals surface area contributed by atoms with Gasteiger partial charge in [0.25, 0.3) is 5.91 Å². The SMILES string of the molecule is CCCCCC(=O)N1C(C(C)C)C(c2ccccc2)C(C(=O)c2ccccc2)C12C(=O)Nc1ccc(Br)cc12. The van der Waals surface area contributed by atoms with E-state index in [2.05, 4.69) is 42.0 Å². The van der Waals surface area contributed by atoms with Crippen LogP contribution in [0.15, 0.2) is 83.3 Å². The van der Waals surface area contributed by atoms with Gasteiger partial charge < -0.3 is 10.2 Å². The molecule has 0 radical (unpaired) electrons. The van der Waals surface area contributed by atoms with Gasteiger partial charge in [-0.2, -0.15) is 0 Å². The number of hydrogen-bond donors (Lipinski definition) is 1. The van der Waals surface area contributed by atoms with Crippen LogP contribution in [0.25, 0.3) is 0 Å². The zero-order chi connectivity index (χ0) is 27.7. The van der Waals surface area contributed by atoms with Crippen LogP contribution in [0, 0.1) is 11.8 Å². The molecule has 1 spiro atoms. The number of anilines is 1. The molecule has 1 fully saturated rings. The molecule has 4 unspecified atom stereocenters. The quantitative estimate of drug-likeness (QED) is 0.222. The highest BCUT2D eigenvalue weighted by molar-refractivity contribution is 9.10. The minimum absolute atomic E-state index is 0.000201. The average Bonchev–Trinajstić information content (AvgIpc) is 3.42. The predicted octanol–water partition coefficient (Wildman–Crippen LogP) is 7.33. The number of benzene rings is 3. The number of carbonyl (C=O) groups excluding carboxylic acids is 3. The molecule has 3 aromatic rings. The lowest BCUT2D eigenvalue weighted by molar-refractivity contribution is -0.147. The van der Waals surface area contributed by atoms with Crippen molar-refractivity contribution in [2.24, 2.45) is 11.8 Å². The van der Waals surface area contributed by atoms with Gasteiger partial charge in [0, 0.05) is 39.7 Å². The van der Waals surface area contributed by atoms with E-state index in [1.54, 1.807) is 0 Å². The molecular weight excluding hydrogens is 552 g/mol. The van der Waals surface area contributed by atoms with Gasteiger partial charge in [-0.3, -0.25) is 14.4 Å². The maximum Gasteiger partial charge on any atom is 0.255 e. The predicted molar refractivity (Wildman–Crippen MR) is 158 cm³/mol. The molecule has 1 saturated heterocycles. The van der Waals surface area contributed by atoms with E-state index in [0.717, 1.165) is 29.3 Å². The minimum Gasteiger partial charge on any atom is -0.323 e. The topological polar surface area (TPSA) is 66.5 Å². The maximum atomic E-state index is 14.7. The Labute approximate surface area is 239 Å². The molecule has 3 aromatic carbocycles. The molecule has 5 nitrogen and oxygen atoms in total. The summed E-state index contributed by atoms with van der Waals surface area (Å²) in [5, 5.41) is 3.07. The molecule has 0 aromatic heterocycles. The summed E-state index contributed by atoms with van der Waals surface area (Å²) in [7, 11) is 0. The first-order valence-corrected chi connectivity index (χ1v) is 14.7. The van der Waals surface area contributed by atoms with Crippen LogP contribution >= 0.6 is 15.9 Å². The minimum atomic E-state index is -1.47. The fourth-order valence-electron chi connectivity index (χ4n) is 6.75. The molecule has 5 rings (SSSR count). The third-order valence-corrected chi connectivity index (χ3v) is 8.81. The number of fused-ring (bicyclic) bond motifs is 2. The maximum absolute atomic E-state index is 14.7. The smallest absolute Gasteiger partial charge is 0.255 e. The van der Waals surface area contributed by atoms with Crippen LogP contribution in [-0.4, -0.2) is 28.5 Å². The second kappa shape index (κ2) is 11.1. The highest BCUT2D eigenvalue weighted by Gasteiger charge is 2.70. The Kier molecular flexibility index (Phi) is 7.77. The average molecular weight is 588 g/mol. The van der Waals surface area contributed by atoms with E-state index in [4.69, 9.17) is 0 Å². The number of amides is 2. The van der Waals surface area contributed by atoms with Crippen LogP contribution in [0.5, 0.6) is 0 Å². The lowest BCUT2D eigenvalue weighted by Gasteiger charge is -2.40. The number of carbonyl (C=O) groups is 3. The summed E-state index contributed by atoms with van der Waals surface area (Å²) < 4.78 is 0.797. The molecule has 6 heteroatoms. The number of rotatable bonds is 8. The Balaban J connectivity index is 1.83. The molecule has 0 aliphatic carbocycles. The van der Waals surface area contributed by atoms with Gasteiger partial charge in [0.15, 0.2) is 11.3 Å². The second-order valence-electron chi connectivity index (χ2n) is 11.0. The third kappa shape index (κ3) is 4.53. The van der Waals surface area contributed by atoms with Gasteiger partial charge in [-0.05, 0) is 36.1 Å². The third-order valence-electron chi connectivity index (χ3n) is 8.31. The lowest BCUT2D eigenvalue weighted by atomic mass is 9.68. The summed E-state index contributed by atoms with van der Waals surface area (Å²) >= 11 is 3.60. The number of nitrogens with one attached hydrogen (secondary N) is 1. The highest BCUT2D eigenvalue weighted by Crippen LogP contribution is 2.60. The first-order valence-electron chi connectivity index (χ1n) is 13.9. The van der Waals surface area contributed by atoms with Crippen molar-refractivity contribution in [1.82, 2.24) is 4.90 Å². The molecule has 39 heavy (non-hydrogen) atoms. The number of halogens is 1. The molecule has 4 atom stereocenters. The van der Waals surface area contributed by atoms with Crippen molar-refractivity contribution < 1.29 is 14.4 Å².